The standard InChI is InChI=1S/C12H24N2S/c1-3-4-9-13-12(15)14-10(2)11-7-5-6-8-11/h10-11H,3-9H2,1-2H3,(H2,13,14,15). The molecule has 88 valence electrons. The fourth-order valence-corrected chi connectivity index (χ4v) is 2.50. The summed E-state index contributed by atoms with van der Waals surface area (Å²) in [5.41, 5.74) is 0. The van der Waals surface area contributed by atoms with E-state index in [4.69, 9.17) is 12.2 Å². The van der Waals surface area contributed by atoms with Crippen LogP contribution in [0.5, 0.6) is 0 Å². The number of hydrogen-bond acceptors (Lipinski definition) is 1. The summed E-state index contributed by atoms with van der Waals surface area (Å²) in [5, 5.41) is 7.50. The van der Waals surface area contributed by atoms with Crippen molar-refractivity contribution in [2.24, 2.45) is 5.92 Å². The summed E-state index contributed by atoms with van der Waals surface area (Å²) in [5.74, 6) is 0.830. The fraction of sp³-hybridized carbons (Fsp3) is 0.917. The Morgan fingerprint density at radius 3 is 2.67 bits per heavy atom. The van der Waals surface area contributed by atoms with E-state index in [0.29, 0.717) is 6.04 Å². The first-order valence-corrected chi connectivity index (χ1v) is 6.69. The zero-order chi connectivity index (χ0) is 11.1. The van der Waals surface area contributed by atoms with Gasteiger partial charge in [0.15, 0.2) is 5.11 Å². The van der Waals surface area contributed by atoms with Gasteiger partial charge in [0.1, 0.15) is 0 Å². The lowest BCUT2D eigenvalue weighted by Crippen LogP contribution is -2.43. The summed E-state index contributed by atoms with van der Waals surface area (Å²) in [4.78, 5) is 0. The molecule has 0 aliphatic heterocycles. The maximum absolute atomic E-state index is 5.26. The van der Waals surface area contributed by atoms with E-state index in [9.17, 15) is 0 Å². The molecule has 0 aromatic carbocycles. The fourth-order valence-electron chi connectivity index (χ4n) is 2.21. The lowest BCUT2D eigenvalue weighted by Gasteiger charge is -2.22. The van der Waals surface area contributed by atoms with Gasteiger partial charge in [-0.2, -0.15) is 0 Å². The Bertz CT molecular complexity index is 188. The van der Waals surface area contributed by atoms with Crippen LogP contribution in [-0.2, 0) is 0 Å². The van der Waals surface area contributed by atoms with Gasteiger partial charge in [-0.1, -0.05) is 26.2 Å². The Labute approximate surface area is 99.2 Å². The van der Waals surface area contributed by atoms with Crippen LogP contribution < -0.4 is 10.6 Å². The predicted octanol–water partition coefficient (Wildman–Crippen LogP) is 2.83. The topological polar surface area (TPSA) is 24.1 Å². The highest BCUT2D eigenvalue weighted by molar-refractivity contribution is 7.80. The zero-order valence-corrected chi connectivity index (χ0v) is 10.8. The minimum absolute atomic E-state index is 0.536. The molecule has 3 heteroatoms. The van der Waals surface area contributed by atoms with Crippen LogP contribution in [0.25, 0.3) is 0 Å². The summed E-state index contributed by atoms with van der Waals surface area (Å²) in [6, 6.07) is 0.536. The number of nitrogens with one attached hydrogen (secondary N) is 2. The molecule has 1 saturated carbocycles. The van der Waals surface area contributed by atoms with Crippen molar-refractivity contribution in [1.29, 1.82) is 0 Å². The van der Waals surface area contributed by atoms with E-state index in [-0.39, 0.29) is 0 Å². The third kappa shape index (κ3) is 4.83. The average Bonchev–Trinajstić information content (AvgIpc) is 2.70. The molecule has 1 unspecified atom stereocenters. The van der Waals surface area contributed by atoms with Crippen molar-refractivity contribution in [1.82, 2.24) is 10.6 Å². The van der Waals surface area contributed by atoms with Crippen LogP contribution in [0, 0.1) is 5.92 Å². The van der Waals surface area contributed by atoms with Crippen molar-refractivity contribution in [2.45, 2.75) is 58.4 Å². The molecule has 0 aromatic rings. The first-order valence-electron chi connectivity index (χ1n) is 6.28. The second-order valence-corrected chi connectivity index (χ2v) is 5.00. The molecule has 1 aliphatic rings. The minimum atomic E-state index is 0.536. The van der Waals surface area contributed by atoms with Gasteiger partial charge >= 0.3 is 0 Å². The largest absolute Gasteiger partial charge is 0.363 e. The Morgan fingerprint density at radius 1 is 1.40 bits per heavy atom. The lowest BCUT2D eigenvalue weighted by molar-refractivity contribution is 0.424. The van der Waals surface area contributed by atoms with Crippen LogP contribution in [0.15, 0.2) is 0 Å². The summed E-state index contributed by atoms with van der Waals surface area (Å²) in [6.07, 6.45) is 7.93. The molecule has 0 radical (unpaired) electrons. The van der Waals surface area contributed by atoms with Crippen LogP contribution in [0.3, 0.4) is 0 Å². The average molecular weight is 228 g/mol. The molecule has 0 amide bonds. The van der Waals surface area contributed by atoms with Crippen molar-refractivity contribution < 1.29 is 0 Å². The van der Waals surface area contributed by atoms with E-state index in [0.717, 1.165) is 17.6 Å². The van der Waals surface area contributed by atoms with Gasteiger partial charge in [-0.3, -0.25) is 0 Å². The number of thiocarbonyl (C=S) groups is 1. The number of rotatable bonds is 5. The second kappa shape index (κ2) is 7.04. The van der Waals surface area contributed by atoms with E-state index in [1.807, 2.05) is 0 Å². The Hall–Kier alpha value is -0.310. The predicted molar refractivity (Wildman–Crippen MR) is 70.1 cm³/mol. The molecule has 1 fully saturated rings. The molecule has 2 N–H and O–H groups in total. The van der Waals surface area contributed by atoms with E-state index in [1.165, 1.54) is 38.5 Å². The zero-order valence-electron chi connectivity index (χ0n) is 10.0. The minimum Gasteiger partial charge on any atom is -0.363 e. The van der Waals surface area contributed by atoms with E-state index in [2.05, 4.69) is 24.5 Å². The molecule has 0 aromatic heterocycles. The van der Waals surface area contributed by atoms with Crippen molar-refractivity contribution >= 4 is 17.3 Å². The Morgan fingerprint density at radius 2 is 2.07 bits per heavy atom. The van der Waals surface area contributed by atoms with Crippen LogP contribution in [0.2, 0.25) is 0 Å². The summed E-state index contributed by atoms with van der Waals surface area (Å²) < 4.78 is 0. The maximum Gasteiger partial charge on any atom is 0.166 e. The lowest BCUT2D eigenvalue weighted by atomic mass is 10.0. The molecule has 0 heterocycles. The van der Waals surface area contributed by atoms with Gasteiger partial charge in [-0.05, 0) is 44.3 Å². The van der Waals surface area contributed by atoms with Gasteiger partial charge < -0.3 is 10.6 Å². The summed E-state index contributed by atoms with van der Waals surface area (Å²) in [7, 11) is 0. The third-order valence-electron chi connectivity index (χ3n) is 3.28. The van der Waals surface area contributed by atoms with Crippen LogP contribution >= 0.6 is 12.2 Å². The molecule has 2 nitrogen and oxygen atoms in total. The monoisotopic (exact) mass is 228 g/mol. The highest BCUT2D eigenvalue weighted by atomic mass is 32.1. The number of hydrogen-bond donors (Lipinski definition) is 2. The van der Waals surface area contributed by atoms with Gasteiger partial charge in [-0.15, -0.1) is 0 Å². The molecule has 1 atom stereocenters. The molecule has 0 bridgehead atoms. The van der Waals surface area contributed by atoms with Crippen LogP contribution in [0.1, 0.15) is 52.4 Å². The highest BCUT2D eigenvalue weighted by Gasteiger charge is 2.21. The van der Waals surface area contributed by atoms with E-state index < -0.39 is 0 Å². The SMILES string of the molecule is CCCCNC(=S)NC(C)C1CCCC1. The van der Waals surface area contributed by atoms with E-state index in [1.54, 1.807) is 0 Å². The quantitative estimate of drug-likeness (QED) is 0.559. The van der Waals surface area contributed by atoms with Crippen LogP contribution in [-0.4, -0.2) is 17.7 Å². The maximum atomic E-state index is 5.26. The van der Waals surface area contributed by atoms with Gasteiger partial charge in [0.2, 0.25) is 0 Å². The first kappa shape index (κ1) is 12.8. The van der Waals surface area contributed by atoms with Gasteiger partial charge in [0.25, 0.3) is 0 Å². The summed E-state index contributed by atoms with van der Waals surface area (Å²) in [6.45, 7) is 5.45. The normalized spacial score (nSPS) is 18.8. The van der Waals surface area contributed by atoms with Crippen molar-refractivity contribution in [2.75, 3.05) is 6.54 Å². The molecule has 15 heavy (non-hydrogen) atoms. The summed E-state index contributed by atoms with van der Waals surface area (Å²) >= 11 is 5.26. The van der Waals surface area contributed by atoms with Gasteiger partial charge in [-0.25, -0.2) is 0 Å². The molecule has 0 saturated heterocycles. The Balaban J connectivity index is 2.13. The van der Waals surface area contributed by atoms with Gasteiger partial charge in [0.05, 0.1) is 0 Å². The highest BCUT2D eigenvalue weighted by Crippen LogP contribution is 2.27. The molecular formula is C12H24N2S. The molecular weight excluding hydrogens is 204 g/mol. The number of unbranched alkanes of at least 4 members (excludes halogenated alkanes) is 1. The van der Waals surface area contributed by atoms with Crippen molar-refractivity contribution in [3.05, 3.63) is 0 Å². The van der Waals surface area contributed by atoms with E-state index >= 15 is 0 Å². The van der Waals surface area contributed by atoms with Crippen molar-refractivity contribution in [3.8, 4) is 0 Å². The smallest absolute Gasteiger partial charge is 0.166 e. The molecule has 1 aliphatic carbocycles. The first-order chi connectivity index (χ1) is 7.24. The van der Waals surface area contributed by atoms with Crippen LogP contribution in [0.4, 0.5) is 0 Å². The van der Waals surface area contributed by atoms with Gasteiger partial charge in [0, 0.05) is 12.6 Å². The molecule has 1 rings (SSSR count). The second-order valence-electron chi connectivity index (χ2n) is 4.59. The Kier molecular flexibility index (Phi) is 5.99. The van der Waals surface area contributed by atoms with Crippen molar-refractivity contribution in [3.63, 3.8) is 0 Å². The molecule has 0 spiro atoms. The third-order valence-corrected chi connectivity index (χ3v) is 3.54.